The number of hydrogen-bond donors (Lipinski definition) is 1. The van der Waals surface area contributed by atoms with Gasteiger partial charge in [0, 0.05) is 30.7 Å². The molecule has 0 atom stereocenters. The van der Waals surface area contributed by atoms with Gasteiger partial charge in [-0.1, -0.05) is 12.1 Å². The largest absolute Gasteiger partial charge is 0.378 e. The molecule has 4 rings (SSSR count). The predicted molar refractivity (Wildman–Crippen MR) is 106 cm³/mol. The minimum atomic E-state index is -0.179. The van der Waals surface area contributed by atoms with Gasteiger partial charge in [0.1, 0.15) is 18.4 Å². The second-order valence-electron chi connectivity index (χ2n) is 6.13. The van der Waals surface area contributed by atoms with Gasteiger partial charge in [0.2, 0.25) is 5.91 Å². The lowest BCUT2D eigenvalue weighted by molar-refractivity contribution is -0.116. The Hall–Kier alpha value is -3.33. The molecule has 0 saturated heterocycles. The Balaban J connectivity index is 1.45. The predicted octanol–water partition coefficient (Wildman–Crippen LogP) is 2.65. The standard InChI is InChI=1S/C18H17N7OS/c1-24(2)13-5-3-12(4-6-13)14-9-27-18(22-14)23-16(26)8-25-11-21-17-15(25)7-19-10-20-17/h3-7,9-11H,8H2,1-2H3,(H,22,23,26). The van der Waals surface area contributed by atoms with Crippen LogP contribution < -0.4 is 10.2 Å². The fourth-order valence-corrected chi connectivity index (χ4v) is 3.37. The molecule has 136 valence electrons. The van der Waals surface area contributed by atoms with Crippen molar-refractivity contribution >= 4 is 39.2 Å². The Kier molecular flexibility index (Phi) is 4.51. The highest BCUT2D eigenvalue weighted by atomic mass is 32.1. The van der Waals surface area contributed by atoms with Crippen molar-refractivity contribution in [2.24, 2.45) is 0 Å². The number of imidazole rings is 1. The first-order chi connectivity index (χ1) is 13.1. The van der Waals surface area contributed by atoms with E-state index in [0.29, 0.717) is 16.3 Å². The van der Waals surface area contributed by atoms with Gasteiger partial charge in [-0.15, -0.1) is 11.3 Å². The zero-order valence-corrected chi connectivity index (χ0v) is 15.6. The van der Waals surface area contributed by atoms with Crippen LogP contribution in [0.5, 0.6) is 0 Å². The number of aromatic nitrogens is 5. The van der Waals surface area contributed by atoms with Crippen molar-refractivity contribution in [3.8, 4) is 11.3 Å². The van der Waals surface area contributed by atoms with Crippen LogP contribution >= 0.6 is 11.3 Å². The molecule has 1 aromatic carbocycles. The van der Waals surface area contributed by atoms with Crippen LogP contribution in [0.2, 0.25) is 0 Å². The van der Waals surface area contributed by atoms with E-state index in [1.54, 1.807) is 17.1 Å². The molecule has 4 aromatic rings. The normalized spacial score (nSPS) is 10.9. The van der Waals surface area contributed by atoms with Crippen LogP contribution in [0.25, 0.3) is 22.4 Å². The van der Waals surface area contributed by atoms with Gasteiger partial charge in [0.15, 0.2) is 10.8 Å². The van der Waals surface area contributed by atoms with Gasteiger partial charge in [-0.2, -0.15) is 0 Å². The molecule has 0 bridgehead atoms. The third kappa shape index (κ3) is 3.63. The third-order valence-electron chi connectivity index (χ3n) is 4.05. The molecular formula is C18H17N7OS. The van der Waals surface area contributed by atoms with Crippen molar-refractivity contribution in [1.29, 1.82) is 0 Å². The van der Waals surface area contributed by atoms with Gasteiger partial charge >= 0.3 is 0 Å². The molecule has 0 unspecified atom stereocenters. The number of benzene rings is 1. The van der Waals surface area contributed by atoms with Crippen LogP contribution in [0.3, 0.4) is 0 Å². The molecule has 27 heavy (non-hydrogen) atoms. The molecule has 8 nitrogen and oxygen atoms in total. The van der Waals surface area contributed by atoms with E-state index in [9.17, 15) is 4.79 Å². The first-order valence-electron chi connectivity index (χ1n) is 8.24. The molecule has 3 heterocycles. The quantitative estimate of drug-likeness (QED) is 0.573. The number of carbonyl (C=O) groups is 1. The van der Waals surface area contributed by atoms with Crippen LogP contribution in [-0.4, -0.2) is 44.5 Å². The van der Waals surface area contributed by atoms with E-state index in [1.807, 2.05) is 48.6 Å². The second-order valence-corrected chi connectivity index (χ2v) is 6.99. The fraction of sp³-hybridized carbons (Fsp3) is 0.167. The average molecular weight is 379 g/mol. The maximum Gasteiger partial charge on any atom is 0.246 e. The van der Waals surface area contributed by atoms with Crippen LogP contribution in [0, 0.1) is 0 Å². The number of thiazole rings is 1. The molecule has 3 aromatic heterocycles. The number of hydrogen-bond acceptors (Lipinski definition) is 7. The molecule has 0 saturated carbocycles. The molecule has 0 aliphatic carbocycles. The van der Waals surface area contributed by atoms with E-state index >= 15 is 0 Å². The zero-order valence-electron chi connectivity index (χ0n) is 14.8. The Bertz CT molecular complexity index is 1080. The summed E-state index contributed by atoms with van der Waals surface area (Å²) in [6.07, 6.45) is 4.65. The molecule has 0 aliphatic heterocycles. The Labute approximate surface area is 159 Å². The molecule has 0 radical (unpaired) electrons. The van der Waals surface area contributed by atoms with Gasteiger partial charge in [0.05, 0.1) is 18.2 Å². The monoisotopic (exact) mass is 379 g/mol. The lowest BCUT2D eigenvalue weighted by Gasteiger charge is -2.12. The number of rotatable bonds is 5. The molecule has 1 amide bonds. The van der Waals surface area contributed by atoms with Crippen LogP contribution in [-0.2, 0) is 11.3 Å². The van der Waals surface area contributed by atoms with E-state index < -0.39 is 0 Å². The number of nitrogens with zero attached hydrogens (tertiary/aromatic N) is 6. The topological polar surface area (TPSA) is 88.8 Å². The maximum atomic E-state index is 12.3. The van der Waals surface area contributed by atoms with Crippen LogP contribution in [0.1, 0.15) is 0 Å². The van der Waals surface area contributed by atoms with E-state index in [4.69, 9.17) is 0 Å². The third-order valence-corrected chi connectivity index (χ3v) is 4.80. The highest BCUT2D eigenvalue weighted by Gasteiger charge is 2.11. The van der Waals surface area contributed by atoms with Crippen molar-refractivity contribution in [1.82, 2.24) is 24.5 Å². The van der Waals surface area contributed by atoms with E-state index in [0.717, 1.165) is 16.9 Å². The van der Waals surface area contributed by atoms with Gasteiger partial charge in [-0.05, 0) is 12.1 Å². The summed E-state index contributed by atoms with van der Waals surface area (Å²) in [6, 6.07) is 8.12. The molecule has 0 aliphatic rings. The SMILES string of the molecule is CN(C)c1ccc(-c2csc(NC(=O)Cn3cnc4ncncc43)n2)cc1. The first kappa shape index (κ1) is 17.1. The Morgan fingerprint density at radius 1 is 1.22 bits per heavy atom. The summed E-state index contributed by atoms with van der Waals surface area (Å²) in [5.74, 6) is -0.179. The van der Waals surface area contributed by atoms with Crippen molar-refractivity contribution in [2.75, 3.05) is 24.3 Å². The van der Waals surface area contributed by atoms with Crippen molar-refractivity contribution < 1.29 is 4.79 Å². The van der Waals surface area contributed by atoms with Crippen molar-refractivity contribution in [3.63, 3.8) is 0 Å². The Morgan fingerprint density at radius 2 is 2.04 bits per heavy atom. The maximum absolute atomic E-state index is 12.3. The zero-order chi connectivity index (χ0) is 18.8. The van der Waals surface area contributed by atoms with E-state index in [-0.39, 0.29) is 12.5 Å². The number of anilines is 2. The van der Waals surface area contributed by atoms with Crippen LogP contribution in [0.4, 0.5) is 10.8 Å². The van der Waals surface area contributed by atoms with Gasteiger partial charge < -0.3 is 14.8 Å². The van der Waals surface area contributed by atoms with Gasteiger partial charge in [0.25, 0.3) is 0 Å². The second kappa shape index (κ2) is 7.12. The molecule has 0 fully saturated rings. The first-order valence-corrected chi connectivity index (χ1v) is 9.12. The van der Waals surface area contributed by atoms with E-state index in [1.165, 1.54) is 17.7 Å². The summed E-state index contributed by atoms with van der Waals surface area (Å²) in [4.78, 5) is 31.1. The van der Waals surface area contributed by atoms with Gasteiger partial charge in [-0.3, -0.25) is 4.79 Å². The fourth-order valence-electron chi connectivity index (χ4n) is 2.64. The molecule has 0 spiro atoms. The summed E-state index contributed by atoms with van der Waals surface area (Å²) in [7, 11) is 4.00. The number of carbonyl (C=O) groups excluding carboxylic acids is 1. The number of fused-ring (bicyclic) bond motifs is 1. The molecule has 9 heteroatoms. The molecular weight excluding hydrogens is 362 g/mol. The minimum Gasteiger partial charge on any atom is -0.378 e. The minimum absolute atomic E-state index is 0.121. The lowest BCUT2D eigenvalue weighted by atomic mass is 10.1. The number of amides is 1. The highest BCUT2D eigenvalue weighted by Crippen LogP contribution is 2.26. The summed E-state index contributed by atoms with van der Waals surface area (Å²) in [5.41, 5.74) is 4.25. The van der Waals surface area contributed by atoms with E-state index in [2.05, 4.69) is 25.3 Å². The highest BCUT2D eigenvalue weighted by molar-refractivity contribution is 7.14. The van der Waals surface area contributed by atoms with Gasteiger partial charge in [-0.25, -0.2) is 19.9 Å². The lowest BCUT2D eigenvalue weighted by Crippen LogP contribution is -2.18. The summed E-state index contributed by atoms with van der Waals surface area (Å²) >= 11 is 1.40. The van der Waals surface area contributed by atoms with Crippen LogP contribution in [0.15, 0.2) is 48.5 Å². The summed E-state index contributed by atoms with van der Waals surface area (Å²) in [5, 5.41) is 5.33. The van der Waals surface area contributed by atoms with Crippen molar-refractivity contribution in [3.05, 3.63) is 48.5 Å². The summed E-state index contributed by atoms with van der Waals surface area (Å²) in [6.45, 7) is 0.121. The number of nitrogens with one attached hydrogen (secondary N) is 1. The average Bonchev–Trinajstić information content (AvgIpc) is 3.29. The molecule has 1 N–H and O–H groups in total. The van der Waals surface area contributed by atoms with Crippen molar-refractivity contribution in [2.45, 2.75) is 6.54 Å². The summed E-state index contributed by atoms with van der Waals surface area (Å²) < 4.78 is 1.71. The smallest absolute Gasteiger partial charge is 0.246 e. The Morgan fingerprint density at radius 3 is 2.81 bits per heavy atom.